The van der Waals surface area contributed by atoms with Gasteiger partial charge in [-0.25, -0.2) is 17.4 Å². The van der Waals surface area contributed by atoms with E-state index in [1.807, 2.05) is 6.07 Å². The Balaban J connectivity index is 1.79. The summed E-state index contributed by atoms with van der Waals surface area (Å²) in [5, 5.41) is 0.0285. The summed E-state index contributed by atoms with van der Waals surface area (Å²) in [5.74, 6) is 0. The Hall–Kier alpha value is -2.97. The number of hydrogen-bond acceptors (Lipinski definition) is 5. The number of pyridine rings is 1. The average Bonchev–Trinajstić information content (AvgIpc) is 3.39. The summed E-state index contributed by atoms with van der Waals surface area (Å²) in [4.78, 5) is 4.05. The first-order valence-corrected chi connectivity index (χ1v) is 12.5. The van der Waals surface area contributed by atoms with Gasteiger partial charge in [0.2, 0.25) is 9.84 Å². The van der Waals surface area contributed by atoms with Gasteiger partial charge in [0, 0.05) is 11.6 Å². The van der Waals surface area contributed by atoms with Crippen LogP contribution in [0, 0.1) is 0 Å². The van der Waals surface area contributed by atoms with Gasteiger partial charge < -0.3 is 0 Å². The number of aryl methyl sites for hydroxylation is 2. The van der Waals surface area contributed by atoms with E-state index >= 15 is 0 Å². The second-order valence-corrected chi connectivity index (χ2v) is 10.9. The zero-order chi connectivity index (χ0) is 20.9. The molecule has 0 saturated carbocycles. The number of nitrogens with zero attached hydrogens (tertiary/aromatic N) is 2. The SMILES string of the molecule is O=S(=O)(c1ccc2c(c1)CCC2)c1cc2ccccc2n1S(=O)(=O)c1ccccn1. The van der Waals surface area contributed by atoms with Crippen LogP contribution < -0.4 is 0 Å². The van der Waals surface area contributed by atoms with Crippen molar-refractivity contribution in [3.05, 3.63) is 84.1 Å². The highest BCUT2D eigenvalue weighted by molar-refractivity contribution is 7.93. The van der Waals surface area contributed by atoms with Crippen molar-refractivity contribution in [2.45, 2.75) is 34.2 Å². The van der Waals surface area contributed by atoms with E-state index < -0.39 is 19.9 Å². The molecule has 30 heavy (non-hydrogen) atoms. The van der Waals surface area contributed by atoms with E-state index in [0.29, 0.717) is 10.9 Å². The van der Waals surface area contributed by atoms with Gasteiger partial charge in [-0.2, -0.15) is 8.42 Å². The van der Waals surface area contributed by atoms with Crippen molar-refractivity contribution in [3.63, 3.8) is 0 Å². The quantitative estimate of drug-likeness (QED) is 0.486. The number of hydrogen-bond donors (Lipinski definition) is 0. The minimum atomic E-state index is -4.23. The molecule has 0 unspecified atom stereocenters. The molecule has 5 rings (SSSR count). The van der Waals surface area contributed by atoms with E-state index in [-0.39, 0.29) is 14.9 Å². The van der Waals surface area contributed by atoms with Crippen LogP contribution in [-0.2, 0) is 32.7 Å². The first-order valence-electron chi connectivity index (χ1n) is 9.53. The lowest BCUT2D eigenvalue weighted by Crippen LogP contribution is -2.19. The van der Waals surface area contributed by atoms with Crippen LogP contribution in [0.1, 0.15) is 17.5 Å². The van der Waals surface area contributed by atoms with Crippen molar-refractivity contribution in [3.8, 4) is 0 Å². The highest BCUT2D eigenvalue weighted by atomic mass is 32.2. The molecule has 0 atom stereocenters. The smallest absolute Gasteiger partial charge is 0.243 e. The molecule has 152 valence electrons. The molecule has 4 aromatic rings. The molecule has 2 aromatic heterocycles. The average molecular weight is 439 g/mol. The maximum Gasteiger partial charge on any atom is 0.286 e. The van der Waals surface area contributed by atoms with Crippen LogP contribution in [0.3, 0.4) is 0 Å². The molecule has 0 saturated heterocycles. The largest absolute Gasteiger partial charge is 0.286 e. The van der Waals surface area contributed by atoms with E-state index in [0.717, 1.165) is 34.4 Å². The Morgan fingerprint density at radius 1 is 0.800 bits per heavy atom. The number of benzene rings is 2. The second-order valence-electron chi connectivity index (χ2n) is 7.27. The summed E-state index contributed by atoms with van der Waals surface area (Å²) in [6.45, 7) is 0. The van der Waals surface area contributed by atoms with Gasteiger partial charge in [0.1, 0.15) is 0 Å². The molecule has 0 N–H and O–H groups in total. The number of rotatable bonds is 4. The van der Waals surface area contributed by atoms with Crippen LogP contribution in [0.2, 0.25) is 0 Å². The van der Waals surface area contributed by atoms with Gasteiger partial charge in [-0.15, -0.1) is 0 Å². The first-order chi connectivity index (χ1) is 14.4. The van der Waals surface area contributed by atoms with Gasteiger partial charge in [-0.1, -0.05) is 30.3 Å². The third-order valence-electron chi connectivity index (χ3n) is 5.43. The fraction of sp³-hybridized carbons (Fsp3) is 0.136. The third-order valence-corrected chi connectivity index (χ3v) is 8.92. The minimum absolute atomic E-state index is 0.100. The van der Waals surface area contributed by atoms with Crippen molar-refractivity contribution >= 4 is 30.8 Å². The predicted molar refractivity (Wildman–Crippen MR) is 113 cm³/mol. The van der Waals surface area contributed by atoms with Crippen LogP contribution in [0.5, 0.6) is 0 Å². The normalized spacial score (nSPS) is 14.1. The van der Waals surface area contributed by atoms with Crippen LogP contribution >= 0.6 is 0 Å². The van der Waals surface area contributed by atoms with Crippen molar-refractivity contribution in [2.24, 2.45) is 0 Å². The standard InChI is InChI=1S/C22H18N2O4S2/c25-29(26,19-12-11-16-7-5-8-17(16)14-19)22-15-18-6-1-2-9-20(18)24(22)30(27,28)21-10-3-4-13-23-21/h1-4,6,9-15H,5,7-8H2. The number of para-hydroxylation sites is 1. The van der Waals surface area contributed by atoms with Crippen molar-refractivity contribution in [1.82, 2.24) is 8.96 Å². The van der Waals surface area contributed by atoms with Crippen LogP contribution in [0.15, 0.2) is 87.9 Å². The number of sulfone groups is 1. The molecule has 0 amide bonds. The molecule has 1 aliphatic rings. The molecule has 1 aliphatic carbocycles. The minimum Gasteiger partial charge on any atom is -0.243 e. The number of aromatic nitrogens is 2. The van der Waals surface area contributed by atoms with Crippen molar-refractivity contribution in [2.75, 3.05) is 0 Å². The molecular weight excluding hydrogens is 420 g/mol. The summed E-state index contributed by atoms with van der Waals surface area (Å²) < 4.78 is 55.0. The van der Waals surface area contributed by atoms with Crippen molar-refractivity contribution < 1.29 is 16.8 Å². The third kappa shape index (κ3) is 2.86. The van der Waals surface area contributed by atoms with E-state index in [1.165, 1.54) is 18.3 Å². The fourth-order valence-electron chi connectivity index (χ4n) is 3.97. The van der Waals surface area contributed by atoms with Gasteiger partial charge in [0.15, 0.2) is 10.1 Å². The molecule has 0 fully saturated rings. The summed E-state index contributed by atoms with van der Waals surface area (Å²) in [7, 11) is -8.32. The van der Waals surface area contributed by atoms with E-state index in [4.69, 9.17) is 0 Å². The molecule has 2 heterocycles. The predicted octanol–water partition coefficient (Wildman–Crippen LogP) is 3.59. The lowest BCUT2D eigenvalue weighted by atomic mass is 10.1. The van der Waals surface area contributed by atoms with Gasteiger partial charge in [0.25, 0.3) is 10.0 Å². The highest BCUT2D eigenvalue weighted by Gasteiger charge is 2.32. The molecule has 0 spiro atoms. The highest BCUT2D eigenvalue weighted by Crippen LogP contribution is 2.33. The van der Waals surface area contributed by atoms with Gasteiger partial charge in [-0.3, -0.25) is 0 Å². The first kappa shape index (κ1) is 19.0. The van der Waals surface area contributed by atoms with Crippen LogP contribution in [0.4, 0.5) is 0 Å². The molecule has 6 nitrogen and oxygen atoms in total. The van der Waals surface area contributed by atoms with E-state index in [2.05, 4.69) is 4.98 Å². The molecule has 0 radical (unpaired) electrons. The monoisotopic (exact) mass is 438 g/mol. The molecule has 0 bridgehead atoms. The van der Waals surface area contributed by atoms with Crippen molar-refractivity contribution in [1.29, 1.82) is 0 Å². The summed E-state index contributed by atoms with van der Waals surface area (Å²) in [6.07, 6.45) is 4.12. The zero-order valence-corrected chi connectivity index (χ0v) is 17.5. The Morgan fingerprint density at radius 3 is 2.37 bits per heavy atom. The maximum absolute atomic E-state index is 13.6. The maximum atomic E-state index is 13.6. The molecule has 0 aliphatic heterocycles. The van der Waals surface area contributed by atoms with Crippen LogP contribution in [0.25, 0.3) is 10.9 Å². The Kier molecular flexibility index (Phi) is 4.30. The van der Waals surface area contributed by atoms with Gasteiger partial charge in [0.05, 0.1) is 10.4 Å². The topological polar surface area (TPSA) is 86.1 Å². The molecule has 2 aromatic carbocycles. The summed E-state index contributed by atoms with van der Waals surface area (Å²) in [6, 6.07) is 17.7. The van der Waals surface area contributed by atoms with E-state index in [1.54, 1.807) is 48.5 Å². The Labute approximate surface area is 174 Å². The second kappa shape index (κ2) is 6.78. The zero-order valence-electron chi connectivity index (χ0n) is 15.9. The number of fused-ring (bicyclic) bond motifs is 2. The Morgan fingerprint density at radius 2 is 1.57 bits per heavy atom. The fourth-order valence-corrected chi connectivity index (χ4v) is 7.29. The van der Waals surface area contributed by atoms with Gasteiger partial charge in [-0.05, 0) is 66.8 Å². The summed E-state index contributed by atoms with van der Waals surface area (Å²) in [5.41, 5.74) is 2.45. The lowest BCUT2D eigenvalue weighted by molar-refractivity contribution is 0.571. The molecule has 8 heteroatoms. The molecular formula is C22H18N2O4S2. The lowest BCUT2D eigenvalue weighted by Gasteiger charge is -2.12. The van der Waals surface area contributed by atoms with E-state index in [9.17, 15) is 16.8 Å². The Bertz CT molecular complexity index is 1490. The van der Waals surface area contributed by atoms with Gasteiger partial charge >= 0.3 is 0 Å². The summed E-state index contributed by atoms with van der Waals surface area (Å²) >= 11 is 0. The van der Waals surface area contributed by atoms with Crippen LogP contribution in [-0.4, -0.2) is 25.8 Å².